The van der Waals surface area contributed by atoms with Crippen molar-refractivity contribution in [3.63, 3.8) is 0 Å². The Balaban J connectivity index is 1.33. The van der Waals surface area contributed by atoms with Gasteiger partial charge in [-0.3, -0.25) is 0 Å². The molecule has 0 aliphatic rings. The van der Waals surface area contributed by atoms with Crippen LogP contribution in [-0.4, -0.2) is 19.5 Å². The first-order valence-corrected chi connectivity index (χ1v) is 21.5. The number of rotatable bonds is 7. The van der Waals surface area contributed by atoms with Gasteiger partial charge in [0.05, 0.1) is 39.0 Å². The highest BCUT2D eigenvalue weighted by Gasteiger charge is 2.39. The molecule has 71 heavy (non-hydrogen) atoms. The SMILES string of the molecule is FC(F)(F)c1cccc(-c2cc(-c3nc(-c4ccccc4)nc(-c4ccccc4)n3)cc(-c3cccc(C(F)(F)F)c3)c2-n2c3ccccc3c3cc(-c4ccc(C(F)(F)F)cc4C(F)(F)F)ccc32)c1. The quantitative estimate of drug-likeness (QED) is 0.150. The molecule has 0 saturated carbocycles. The summed E-state index contributed by atoms with van der Waals surface area (Å²) in [7, 11) is 0. The minimum absolute atomic E-state index is 0.00887. The Morgan fingerprint density at radius 1 is 0.296 bits per heavy atom. The Hall–Kier alpha value is -8.27. The van der Waals surface area contributed by atoms with E-state index in [2.05, 4.69) is 0 Å². The summed E-state index contributed by atoms with van der Waals surface area (Å²) < 4.78 is 174. The van der Waals surface area contributed by atoms with Gasteiger partial charge < -0.3 is 4.57 Å². The zero-order valence-corrected chi connectivity index (χ0v) is 36.1. The average molecular weight is 975 g/mol. The summed E-state index contributed by atoms with van der Waals surface area (Å²) in [5.41, 5.74) is -3.86. The second-order valence-corrected chi connectivity index (χ2v) is 16.5. The topological polar surface area (TPSA) is 43.6 Å². The third kappa shape index (κ3) is 8.97. The summed E-state index contributed by atoms with van der Waals surface area (Å²) in [6, 6.07) is 41.2. The smallest absolute Gasteiger partial charge is 0.308 e. The number of para-hydroxylation sites is 1. The normalized spacial score (nSPS) is 12.5. The van der Waals surface area contributed by atoms with Gasteiger partial charge in [0.2, 0.25) is 0 Å². The Morgan fingerprint density at radius 2 is 0.732 bits per heavy atom. The first-order chi connectivity index (χ1) is 33.7. The molecule has 2 aromatic heterocycles. The molecule has 16 heteroatoms. The number of hydrogen-bond acceptors (Lipinski definition) is 3. The molecule has 2 heterocycles. The molecular formula is C55H30F12N4. The highest BCUT2D eigenvalue weighted by molar-refractivity contribution is 6.12. The van der Waals surface area contributed by atoms with Crippen molar-refractivity contribution in [3.8, 4) is 73.2 Å². The van der Waals surface area contributed by atoms with Crippen LogP contribution in [0.4, 0.5) is 52.7 Å². The maximum Gasteiger partial charge on any atom is 0.417 e. The fraction of sp³-hybridized carbons (Fsp3) is 0.0727. The number of halogens is 12. The van der Waals surface area contributed by atoms with Gasteiger partial charge in [0, 0.05) is 38.6 Å². The van der Waals surface area contributed by atoms with Crippen LogP contribution in [0.15, 0.2) is 182 Å². The lowest BCUT2D eigenvalue weighted by Gasteiger charge is -2.22. The molecule has 10 rings (SSSR count). The summed E-state index contributed by atoms with van der Waals surface area (Å²) in [6.45, 7) is 0. The third-order valence-corrected chi connectivity index (χ3v) is 11.9. The summed E-state index contributed by atoms with van der Waals surface area (Å²) in [4.78, 5) is 14.4. The zero-order valence-electron chi connectivity index (χ0n) is 36.1. The van der Waals surface area contributed by atoms with Gasteiger partial charge >= 0.3 is 24.7 Å². The highest BCUT2D eigenvalue weighted by Crippen LogP contribution is 2.47. The third-order valence-electron chi connectivity index (χ3n) is 11.9. The summed E-state index contributed by atoms with van der Waals surface area (Å²) in [5.74, 6) is 0.425. The van der Waals surface area contributed by atoms with E-state index >= 15 is 0 Å². The van der Waals surface area contributed by atoms with Crippen molar-refractivity contribution in [2.45, 2.75) is 24.7 Å². The van der Waals surface area contributed by atoms with Crippen molar-refractivity contribution in [1.82, 2.24) is 19.5 Å². The molecule has 0 bridgehead atoms. The van der Waals surface area contributed by atoms with Gasteiger partial charge in [-0.2, -0.15) is 52.7 Å². The summed E-state index contributed by atoms with van der Waals surface area (Å²) in [6.07, 6.45) is -20.0. The first-order valence-electron chi connectivity index (χ1n) is 21.5. The standard InChI is InChI=1S/C55H30F12N4/c56-52(57,58)37-17-9-15-33(25-37)42-28-36(51-69-49(31-11-3-1-4-12-31)68-50(70-51)32-13-5-2-6-14-32)29-43(34-16-10-18-38(26-34)53(59,60)61)48(42)71-46-20-8-7-19-41(46)44-27-35(21-24-47(44)71)40-23-22-39(54(62,63)64)30-45(40)55(65,66)67/h1-30H. The van der Waals surface area contributed by atoms with Gasteiger partial charge in [0.25, 0.3) is 0 Å². The largest absolute Gasteiger partial charge is 0.417 e. The fourth-order valence-corrected chi connectivity index (χ4v) is 8.70. The van der Waals surface area contributed by atoms with Crippen LogP contribution in [0.25, 0.3) is 95.0 Å². The van der Waals surface area contributed by atoms with Crippen LogP contribution in [0, 0.1) is 0 Å². The van der Waals surface area contributed by atoms with E-state index in [4.69, 9.17) is 15.0 Å². The van der Waals surface area contributed by atoms with Crippen molar-refractivity contribution in [2.75, 3.05) is 0 Å². The molecule has 0 atom stereocenters. The van der Waals surface area contributed by atoms with Crippen molar-refractivity contribution >= 4 is 21.8 Å². The predicted octanol–water partition coefficient (Wildman–Crippen LogP) is 17.0. The van der Waals surface area contributed by atoms with Crippen molar-refractivity contribution in [1.29, 1.82) is 0 Å². The van der Waals surface area contributed by atoms with Crippen LogP contribution < -0.4 is 0 Å². The second kappa shape index (κ2) is 17.3. The number of aromatic nitrogens is 4. The molecule has 0 saturated heterocycles. The molecule has 0 radical (unpaired) electrons. The Morgan fingerprint density at radius 3 is 1.24 bits per heavy atom. The van der Waals surface area contributed by atoms with Crippen LogP contribution in [0.5, 0.6) is 0 Å². The van der Waals surface area contributed by atoms with Crippen LogP contribution in [-0.2, 0) is 24.7 Å². The molecule has 0 aliphatic carbocycles. The number of benzene rings is 8. The number of nitrogens with zero attached hydrogens (tertiary/aromatic N) is 4. The van der Waals surface area contributed by atoms with Crippen LogP contribution in [0.1, 0.15) is 22.3 Å². The Kier molecular flexibility index (Phi) is 11.3. The Labute approximate surface area is 395 Å². The maximum atomic E-state index is 14.6. The molecule has 0 amide bonds. The average Bonchev–Trinajstić information content (AvgIpc) is 3.68. The van der Waals surface area contributed by atoms with Crippen LogP contribution in [0.2, 0.25) is 0 Å². The lowest BCUT2D eigenvalue weighted by Crippen LogP contribution is -2.12. The molecule has 0 aliphatic heterocycles. The van der Waals surface area contributed by atoms with Crippen molar-refractivity contribution in [3.05, 3.63) is 204 Å². The van der Waals surface area contributed by atoms with E-state index in [1.54, 1.807) is 89.5 Å². The summed E-state index contributed by atoms with van der Waals surface area (Å²) >= 11 is 0. The fourth-order valence-electron chi connectivity index (χ4n) is 8.70. The minimum Gasteiger partial charge on any atom is -0.308 e. The van der Waals surface area contributed by atoms with E-state index in [-0.39, 0.29) is 73.5 Å². The molecular weight excluding hydrogens is 945 g/mol. The first kappa shape index (κ1) is 46.5. The Bertz CT molecular complexity index is 3510. The molecule has 0 unspecified atom stereocenters. The van der Waals surface area contributed by atoms with Crippen molar-refractivity contribution in [2.24, 2.45) is 0 Å². The van der Waals surface area contributed by atoms with E-state index < -0.39 is 52.5 Å². The van der Waals surface area contributed by atoms with E-state index in [0.29, 0.717) is 28.1 Å². The lowest BCUT2D eigenvalue weighted by molar-refractivity contribution is -0.143. The van der Waals surface area contributed by atoms with Gasteiger partial charge in [-0.1, -0.05) is 115 Å². The molecule has 4 nitrogen and oxygen atoms in total. The maximum absolute atomic E-state index is 14.6. The predicted molar refractivity (Wildman–Crippen MR) is 247 cm³/mol. The van der Waals surface area contributed by atoms with Gasteiger partial charge in [0.15, 0.2) is 17.5 Å². The van der Waals surface area contributed by atoms with E-state index in [1.807, 2.05) is 0 Å². The van der Waals surface area contributed by atoms with Crippen LogP contribution >= 0.6 is 0 Å². The van der Waals surface area contributed by atoms with Gasteiger partial charge in [-0.25, -0.2) is 15.0 Å². The van der Waals surface area contributed by atoms with Gasteiger partial charge in [-0.05, 0) is 89.0 Å². The number of fused-ring (bicyclic) bond motifs is 3. The lowest BCUT2D eigenvalue weighted by atomic mass is 9.91. The molecule has 354 valence electrons. The number of alkyl halides is 12. The molecule has 8 aromatic carbocycles. The summed E-state index contributed by atoms with van der Waals surface area (Å²) in [5, 5.41) is 0.647. The van der Waals surface area contributed by atoms with Crippen LogP contribution in [0.3, 0.4) is 0 Å². The minimum atomic E-state index is -5.22. The van der Waals surface area contributed by atoms with E-state index in [0.717, 1.165) is 30.3 Å². The van der Waals surface area contributed by atoms with Crippen molar-refractivity contribution < 1.29 is 52.7 Å². The molecule has 0 N–H and O–H groups in total. The highest BCUT2D eigenvalue weighted by atomic mass is 19.4. The van der Waals surface area contributed by atoms with Gasteiger partial charge in [0.1, 0.15) is 0 Å². The van der Waals surface area contributed by atoms with E-state index in [1.165, 1.54) is 54.6 Å². The monoisotopic (exact) mass is 974 g/mol. The second-order valence-electron chi connectivity index (χ2n) is 16.5. The zero-order chi connectivity index (χ0) is 50.0. The van der Waals surface area contributed by atoms with Gasteiger partial charge in [-0.15, -0.1) is 0 Å². The van der Waals surface area contributed by atoms with E-state index in [9.17, 15) is 52.7 Å². The molecule has 10 aromatic rings. The molecule has 0 fully saturated rings. The molecule has 0 spiro atoms. The number of hydrogen-bond donors (Lipinski definition) is 0.